The number of hydrogen-bond acceptors (Lipinski definition) is 4. The molecule has 1 aliphatic carbocycles. The Labute approximate surface area is 126 Å². The van der Waals surface area contributed by atoms with E-state index in [1.165, 1.54) is 0 Å². The number of nitrogens with zero attached hydrogens (tertiary/aromatic N) is 1. The van der Waals surface area contributed by atoms with Gasteiger partial charge in [0, 0.05) is 30.6 Å². The van der Waals surface area contributed by atoms with E-state index in [-0.39, 0.29) is 30.5 Å². The van der Waals surface area contributed by atoms with Gasteiger partial charge < -0.3 is 15.3 Å². The van der Waals surface area contributed by atoms with Crippen LogP contribution in [-0.2, 0) is 4.79 Å². The molecular formula is C13H25ClN2O2S. The summed E-state index contributed by atoms with van der Waals surface area (Å²) in [6, 6.07) is 0.305. The topological polar surface area (TPSA) is 52.6 Å². The molecule has 0 aromatic carbocycles. The maximum Gasteiger partial charge on any atom is 0.239 e. The Kier molecular flexibility index (Phi) is 7.50. The van der Waals surface area contributed by atoms with Gasteiger partial charge >= 0.3 is 0 Å². The van der Waals surface area contributed by atoms with E-state index in [4.69, 9.17) is 0 Å². The average molecular weight is 309 g/mol. The van der Waals surface area contributed by atoms with Crippen molar-refractivity contribution in [2.24, 2.45) is 0 Å². The maximum absolute atomic E-state index is 12.2. The number of rotatable bonds is 3. The quantitative estimate of drug-likeness (QED) is 0.824. The van der Waals surface area contributed by atoms with Crippen molar-refractivity contribution in [3.63, 3.8) is 0 Å². The summed E-state index contributed by atoms with van der Waals surface area (Å²) >= 11 is 1.92. The van der Waals surface area contributed by atoms with E-state index in [0.717, 1.165) is 50.3 Å². The predicted molar refractivity (Wildman–Crippen MR) is 82.0 cm³/mol. The van der Waals surface area contributed by atoms with Crippen molar-refractivity contribution in [2.45, 2.75) is 50.8 Å². The first kappa shape index (κ1) is 17.1. The molecule has 0 bridgehead atoms. The van der Waals surface area contributed by atoms with E-state index in [0.29, 0.717) is 6.04 Å². The monoisotopic (exact) mass is 308 g/mol. The van der Waals surface area contributed by atoms with Crippen LogP contribution < -0.4 is 5.32 Å². The number of aliphatic hydroxyl groups excluding tert-OH is 1. The largest absolute Gasteiger partial charge is 0.393 e. The lowest BCUT2D eigenvalue weighted by Crippen LogP contribution is -2.51. The maximum atomic E-state index is 12.2. The Morgan fingerprint density at radius 3 is 2.42 bits per heavy atom. The summed E-state index contributed by atoms with van der Waals surface area (Å²) in [5.41, 5.74) is 0. The van der Waals surface area contributed by atoms with E-state index >= 15 is 0 Å². The highest BCUT2D eigenvalue weighted by atomic mass is 35.5. The minimum absolute atomic E-state index is 0. The first-order chi connectivity index (χ1) is 8.66. The second-order valence-corrected chi connectivity index (χ2v) is 6.56. The molecule has 2 aliphatic rings. The first-order valence-corrected chi connectivity index (χ1v) is 8.13. The predicted octanol–water partition coefficient (Wildman–Crippen LogP) is 1.27. The zero-order chi connectivity index (χ0) is 13.0. The van der Waals surface area contributed by atoms with Gasteiger partial charge in [-0.15, -0.1) is 12.4 Å². The summed E-state index contributed by atoms with van der Waals surface area (Å²) in [4.78, 5) is 14.2. The van der Waals surface area contributed by atoms with Crippen molar-refractivity contribution in [1.82, 2.24) is 10.2 Å². The summed E-state index contributed by atoms with van der Waals surface area (Å²) in [5, 5.41) is 12.9. The summed E-state index contributed by atoms with van der Waals surface area (Å²) in [5.74, 6) is 2.36. The normalized spacial score (nSPS) is 29.5. The SMILES string of the molecule is C[C@H](NC1CCC(O)CC1)C(=O)N1CCSCC1.Cl. The molecule has 1 heterocycles. The highest BCUT2D eigenvalue weighted by Crippen LogP contribution is 2.19. The van der Waals surface area contributed by atoms with E-state index in [1.807, 2.05) is 23.6 Å². The highest BCUT2D eigenvalue weighted by Gasteiger charge is 2.26. The van der Waals surface area contributed by atoms with E-state index in [2.05, 4.69) is 5.32 Å². The van der Waals surface area contributed by atoms with Gasteiger partial charge in [0.25, 0.3) is 0 Å². The summed E-state index contributed by atoms with van der Waals surface area (Å²) in [6.07, 6.45) is 3.55. The zero-order valence-electron chi connectivity index (χ0n) is 11.5. The molecule has 1 aliphatic heterocycles. The molecule has 2 rings (SSSR count). The Morgan fingerprint density at radius 2 is 1.84 bits per heavy atom. The molecule has 0 radical (unpaired) electrons. The molecule has 2 N–H and O–H groups in total. The standard InChI is InChI=1S/C13H24N2O2S.ClH/c1-10(13(17)15-6-8-18-9-7-15)14-11-2-4-12(16)5-3-11;/h10-12,14,16H,2-9H2,1H3;1H/t10-,11?,12?;/m0./s1. The van der Waals surface area contributed by atoms with E-state index in [9.17, 15) is 9.90 Å². The van der Waals surface area contributed by atoms with Crippen LogP contribution >= 0.6 is 24.2 Å². The van der Waals surface area contributed by atoms with Crippen molar-refractivity contribution >= 4 is 30.1 Å². The second-order valence-electron chi connectivity index (χ2n) is 5.33. The minimum atomic E-state index is -0.131. The third-order valence-corrected chi connectivity index (χ3v) is 4.82. The number of hydrogen-bond donors (Lipinski definition) is 2. The van der Waals surface area contributed by atoms with Gasteiger partial charge in [0.05, 0.1) is 12.1 Å². The van der Waals surface area contributed by atoms with Crippen molar-refractivity contribution in [2.75, 3.05) is 24.6 Å². The number of carbonyl (C=O) groups excluding carboxylic acids is 1. The second kappa shape index (κ2) is 8.35. The van der Waals surface area contributed by atoms with Crippen molar-refractivity contribution in [1.29, 1.82) is 0 Å². The number of halogens is 1. The van der Waals surface area contributed by atoms with Crippen LogP contribution in [0.5, 0.6) is 0 Å². The van der Waals surface area contributed by atoms with Crippen LogP contribution in [0.2, 0.25) is 0 Å². The molecule has 1 amide bonds. The number of carbonyl (C=O) groups is 1. The molecule has 0 aromatic heterocycles. The molecular weight excluding hydrogens is 284 g/mol. The molecule has 0 aromatic rings. The Balaban J connectivity index is 0.00000180. The lowest BCUT2D eigenvalue weighted by Gasteiger charge is -2.32. The Morgan fingerprint density at radius 1 is 1.26 bits per heavy atom. The molecule has 0 spiro atoms. The summed E-state index contributed by atoms with van der Waals surface area (Å²) in [6.45, 7) is 3.74. The third-order valence-electron chi connectivity index (χ3n) is 3.88. The van der Waals surface area contributed by atoms with Gasteiger partial charge in [-0.2, -0.15) is 11.8 Å². The lowest BCUT2D eigenvalue weighted by atomic mass is 9.92. The fourth-order valence-electron chi connectivity index (χ4n) is 2.72. The minimum Gasteiger partial charge on any atom is -0.393 e. The molecule has 6 heteroatoms. The van der Waals surface area contributed by atoms with Gasteiger partial charge in [0.15, 0.2) is 0 Å². The molecule has 112 valence electrons. The van der Waals surface area contributed by atoms with Crippen LogP contribution in [0.4, 0.5) is 0 Å². The van der Waals surface area contributed by atoms with Gasteiger partial charge in [0.2, 0.25) is 5.91 Å². The van der Waals surface area contributed by atoms with Crippen LogP contribution in [0, 0.1) is 0 Å². The van der Waals surface area contributed by atoms with Crippen LogP contribution in [0.1, 0.15) is 32.6 Å². The smallest absolute Gasteiger partial charge is 0.239 e. The van der Waals surface area contributed by atoms with Gasteiger partial charge in [0.1, 0.15) is 0 Å². The van der Waals surface area contributed by atoms with Crippen molar-refractivity contribution < 1.29 is 9.90 Å². The van der Waals surface area contributed by atoms with Crippen molar-refractivity contribution in [3.05, 3.63) is 0 Å². The van der Waals surface area contributed by atoms with Gasteiger partial charge in [-0.3, -0.25) is 4.79 Å². The Hall–Kier alpha value is 0.0300. The fourth-order valence-corrected chi connectivity index (χ4v) is 3.63. The van der Waals surface area contributed by atoms with Crippen LogP contribution in [0.15, 0.2) is 0 Å². The molecule has 2 fully saturated rings. The van der Waals surface area contributed by atoms with Gasteiger partial charge in [-0.25, -0.2) is 0 Å². The molecule has 19 heavy (non-hydrogen) atoms. The summed E-state index contributed by atoms with van der Waals surface area (Å²) < 4.78 is 0. The third kappa shape index (κ3) is 5.14. The fraction of sp³-hybridized carbons (Fsp3) is 0.923. The number of thioether (sulfide) groups is 1. The zero-order valence-corrected chi connectivity index (χ0v) is 13.1. The molecule has 1 saturated carbocycles. The highest BCUT2D eigenvalue weighted by molar-refractivity contribution is 7.99. The van der Waals surface area contributed by atoms with Crippen molar-refractivity contribution in [3.8, 4) is 0 Å². The van der Waals surface area contributed by atoms with Gasteiger partial charge in [-0.05, 0) is 32.6 Å². The van der Waals surface area contributed by atoms with Crippen LogP contribution in [0.25, 0.3) is 0 Å². The van der Waals surface area contributed by atoms with E-state index < -0.39 is 0 Å². The molecule has 0 unspecified atom stereocenters. The summed E-state index contributed by atoms with van der Waals surface area (Å²) in [7, 11) is 0. The lowest BCUT2D eigenvalue weighted by molar-refractivity contribution is -0.132. The number of aliphatic hydroxyl groups is 1. The molecule has 1 saturated heterocycles. The number of amides is 1. The van der Waals surface area contributed by atoms with Gasteiger partial charge in [-0.1, -0.05) is 0 Å². The van der Waals surface area contributed by atoms with Crippen LogP contribution in [-0.4, -0.2) is 58.7 Å². The van der Waals surface area contributed by atoms with Crippen LogP contribution in [0.3, 0.4) is 0 Å². The van der Waals surface area contributed by atoms with E-state index in [1.54, 1.807) is 0 Å². The average Bonchev–Trinajstić information content (AvgIpc) is 2.41. The first-order valence-electron chi connectivity index (χ1n) is 6.97. The Bertz CT molecular complexity index is 280. The molecule has 1 atom stereocenters. The molecule has 4 nitrogen and oxygen atoms in total. The number of nitrogens with one attached hydrogen (secondary N) is 1.